The van der Waals surface area contributed by atoms with Gasteiger partial charge in [-0.3, -0.25) is 0 Å². The van der Waals surface area contributed by atoms with Crippen molar-refractivity contribution in [2.75, 3.05) is 6.54 Å². The summed E-state index contributed by atoms with van der Waals surface area (Å²) in [6, 6.07) is 8.93. The van der Waals surface area contributed by atoms with Gasteiger partial charge in [0.05, 0.1) is 0 Å². The number of hydrogen-bond acceptors (Lipinski definition) is 1. The molecule has 1 aromatic carbocycles. The van der Waals surface area contributed by atoms with Gasteiger partial charge in [-0.05, 0) is 43.9 Å². The second kappa shape index (κ2) is 5.53. The van der Waals surface area contributed by atoms with Crippen LogP contribution in [-0.2, 0) is 6.42 Å². The fraction of sp³-hybridized carbons (Fsp3) is 0.538. The molecule has 0 atom stereocenters. The van der Waals surface area contributed by atoms with Gasteiger partial charge in [0.1, 0.15) is 0 Å². The monoisotopic (exact) mass is 223 g/mol. The van der Waals surface area contributed by atoms with Crippen LogP contribution in [0.5, 0.6) is 0 Å². The van der Waals surface area contributed by atoms with Crippen molar-refractivity contribution < 1.29 is 0 Å². The van der Waals surface area contributed by atoms with Gasteiger partial charge < -0.3 is 5.32 Å². The summed E-state index contributed by atoms with van der Waals surface area (Å²) in [6.45, 7) is 1.12. The molecule has 0 aromatic heterocycles. The molecule has 1 aromatic rings. The average Bonchev–Trinajstić information content (AvgIpc) is 2.17. The molecule has 0 bridgehead atoms. The van der Waals surface area contributed by atoms with E-state index in [1.165, 1.54) is 31.2 Å². The van der Waals surface area contributed by atoms with Crippen LogP contribution in [0.4, 0.5) is 0 Å². The zero-order valence-corrected chi connectivity index (χ0v) is 9.76. The van der Waals surface area contributed by atoms with E-state index >= 15 is 0 Å². The number of hydrogen-bond donors (Lipinski definition) is 1. The average molecular weight is 224 g/mol. The number of halogens is 1. The quantitative estimate of drug-likeness (QED) is 0.755. The number of nitrogens with one attached hydrogen (secondary N) is 1. The predicted molar refractivity (Wildman–Crippen MR) is 65.4 cm³/mol. The smallest absolute Gasteiger partial charge is 0.0437 e. The van der Waals surface area contributed by atoms with Gasteiger partial charge in [0, 0.05) is 11.1 Å². The van der Waals surface area contributed by atoms with Gasteiger partial charge in [0.15, 0.2) is 0 Å². The lowest BCUT2D eigenvalue weighted by molar-refractivity contribution is 0.339. The van der Waals surface area contributed by atoms with Crippen molar-refractivity contribution in [3.63, 3.8) is 0 Å². The molecular weight excluding hydrogens is 206 g/mol. The van der Waals surface area contributed by atoms with Crippen molar-refractivity contribution in [3.05, 3.63) is 34.9 Å². The summed E-state index contributed by atoms with van der Waals surface area (Å²) >= 11 is 6.08. The van der Waals surface area contributed by atoms with Gasteiger partial charge in [-0.25, -0.2) is 0 Å². The summed E-state index contributed by atoms with van der Waals surface area (Å²) in [5, 5.41) is 4.47. The Labute approximate surface area is 96.8 Å². The normalized spacial score (nSPS) is 16.3. The molecule has 1 aliphatic rings. The highest BCUT2D eigenvalue weighted by Gasteiger charge is 2.15. The molecule has 2 rings (SSSR count). The van der Waals surface area contributed by atoms with Crippen LogP contribution >= 0.6 is 11.6 Å². The maximum absolute atomic E-state index is 6.08. The highest BCUT2D eigenvalue weighted by atomic mass is 35.5. The summed E-state index contributed by atoms with van der Waals surface area (Å²) in [5.74, 6) is 0. The first-order valence-corrected chi connectivity index (χ1v) is 6.21. The second-order valence-electron chi connectivity index (χ2n) is 4.28. The molecule has 2 heteroatoms. The van der Waals surface area contributed by atoms with Crippen molar-refractivity contribution in [3.8, 4) is 0 Å². The van der Waals surface area contributed by atoms with E-state index in [1.54, 1.807) is 0 Å². The Morgan fingerprint density at radius 3 is 2.73 bits per heavy atom. The SMILES string of the molecule is Clc1ccccc1CCCNC1CCC1. The first-order chi connectivity index (χ1) is 7.36. The maximum Gasteiger partial charge on any atom is 0.0437 e. The fourth-order valence-electron chi connectivity index (χ4n) is 1.90. The molecule has 1 N–H and O–H groups in total. The molecule has 1 saturated carbocycles. The Bertz CT molecular complexity index is 307. The van der Waals surface area contributed by atoms with E-state index in [-0.39, 0.29) is 0 Å². The first kappa shape index (κ1) is 11.0. The Morgan fingerprint density at radius 2 is 2.07 bits per heavy atom. The summed E-state index contributed by atoms with van der Waals surface area (Å²) in [4.78, 5) is 0. The van der Waals surface area contributed by atoms with Crippen LogP contribution in [0.3, 0.4) is 0 Å². The molecule has 0 radical (unpaired) electrons. The van der Waals surface area contributed by atoms with E-state index in [1.807, 2.05) is 12.1 Å². The zero-order valence-electron chi connectivity index (χ0n) is 9.01. The number of aryl methyl sites for hydroxylation is 1. The lowest BCUT2D eigenvalue weighted by atomic mass is 9.93. The van der Waals surface area contributed by atoms with Crippen LogP contribution in [-0.4, -0.2) is 12.6 Å². The Kier molecular flexibility index (Phi) is 4.04. The van der Waals surface area contributed by atoms with Gasteiger partial charge in [0.2, 0.25) is 0 Å². The summed E-state index contributed by atoms with van der Waals surface area (Å²) in [6.07, 6.45) is 6.40. The minimum atomic E-state index is 0.802. The van der Waals surface area contributed by atoms with E-state index in [4.69, 9.17) is 11.6 Å². The molecule has 0 heterocycles. The number of rotatable bonds is 5. The fourth-order valence-corrected chi connectivity index (χ4v) is 2.13. The molecule has 82 valence electrons. The van der Waals surface area contributed by atoms with E-state index in [9.17, 15) is 0 Å². The van der Waals surface area contributed by atoms with Crippen LogP contribution in [0, 0.1) is 0 Å². The third kappa shape index (κ3) is 3.22. The molecule has 1 nitrogen and oxygen atoms in total. The zero-order chi connectivity index (χ0) is 10.5. The van der Waals surface area contributed by atoms with Crippen molar-refractivity contribution >= 4 is 11.6 Å². The van der Waals surface area contributed by atoms with Gasteiger partial charge in [0.25, 0.3) is 0 Å². The van der Waals surface area contributed by atoms with E-state index < -0.39 is 0 Å². The highest BCUT2D eigenvalue weighted by molar-refractivity contribution is 6.31. The molecule has 0 spiro atoms. The van der Waals surface area contributed by atoms with Crippen LogP contribution in [0.1, 0.15) is 31.2 Å². The predicted octanol–water partition coefficient (Wildman–Crippen LogP) is 3.41. The molecule has 1 aliphatic carbocycles. The molecule has 0 unspecified atom stereocenters. The Balaban J connectivity index is 1.66. The summed E-state index contributed by atoms with van der Waals surface area (Å²) < 4.78 is 0. The van der Waals surface area contributed by atoms with E-state index in [0.29, 0.717) is 0 Å². The molecule has 0 saturated heterocycles. The van der Waals surface area contributed by atoms with E-state index in [0.717, 1.165) is 24.0 Å². The minimum absolute atomic E-state index is 0.802. The van der Waals surface area contributed by atoms with Gasteiger partial charge in [-0.1, -0.05) is 36.2 Å². The van der Waals surface area contributed by atoms with Crippen LogP contribution < -0.4 is 5.32 Å². The standard InChI is InChI=1S/C13H18ClN/c14-13-9-2-1-5-11(13)6-4-10-15-12-7-3-8-12/h1-2,5,9,12,15H,3-4,6-8,10H2. The second-order valence-corrected chi connectivity index (χ2v) is 4.68. The Morgan fingerprint density at radius 1 is 1.27 bits per heavy atom. The summed E-state index contributed by atoms with van der Waals surface area (Å²) in [7, 11) is 0. The minimum Gasteiger partial charge on any atom is -0.314 e. The topological polar surface area (TPSA) is 12.0 Å². The maximum atomic E-state index is 6.08. The van der Waals surface area contributed by atoms with Gasteiger partial charge in [-0.2, -0.15) is 0 Å². The molecule has 0 amide bonds. The molecule has 0 aliphatic heterocycles. The van der Waals surface area contributed by atoms with Gasteiger partial charge >= 0.3 is 0 Å². The lowest BCUT2D eigenvalue weighted by Crippen LogP contribution is -2.35. The largest absolute Gasteiger partial charge is 0.314 e. The van der Waals surface area contributed by atoms with Crippen LogP contribution in [0.15, 0.2) is 24.3 Å². The third-order valence-corrected chi connectivity index (χ3v) is 3.49. The van der Waals surface area contributed by atoms with Crippen molar-refractivity contribution in [1.82, 2.24) is 5.32 Å². The molecular formula is C13H18ClN. The summed E-state index contributed by atoms with van der Waals surface area (Å²) in [5.41, 5.74) is 1.27. The third-order valence-electron chi connectivity index (χ3n) is 3.12. The van der Waals surface area contributed by atoms with Crippen molar-refractivity contribution in [2.45, 2.75) is 38.1 Å². The number of benzene rings is 1. The van der Waals surface area contributed by atoms with Crippen LogP contribution in [0.25, 0.3) is 0 Å². The van der Waals surface area contributed by atoms with Crippen molar-refractivity contribution in [2.24, 2.45) is 0 Å². The van der Waals surface area contributed by atoms with Crippen molar-refractivity contribution in [1.29, 1.82) is 0 Å². The van der Waals surface area contributed by atoms with E-state index in [2.05, 4.69) is 17.4 Å². The first-order valence-electron chi connectivity index (χ1n) is 5.83. The Hall–Kier alpha value is -0.530. The van der Waals surface area contributed by atoms with Crippen LogP contribution in [0.2, 0.25) is 5.02 Å². The van der Waals surface area contributed by atoms with Gasteiger partial charge in [-0.15, -0.1) is 0 Å². The lowest BCUT2D eigenvalue weighted by Gasteiger charge is -2.26. The molecule has 15 heavy (non-hydrogen) atoms. The molecule has 1 fully saturated rings. The highest BCUT2D eigenvalue weighted by Crippen LogP contribution is 2.19.